The lowest BCUT2D eigenvalue weighted by Gasteiger charge is -2.20. The lowest BCUT2D eigenvalue weighted by atomic mass is 9.99. The van der Waals surface area contributed by atoms with E-state index in [1.54, 1.807) is 13.0 Å². The van der Waals surface area contributed by atoms with Crippen LogP contribution in [-0.2, 0) is 4.79 Å². The van der Waals surface area contributed by atoms with Crippen molar-refractivity contribution >= 4 is 11.6 Å². The standard InChI is InChI=1S/C13H16N2O5/c1-8(9-3-2-4-10(5-9)15(19)20)13(18)14-6-11(16)12(17)7-14/h2-5,8,11-12,16-17H,6-7H2,1H3. The Kier molecular flexibility index (Phi) is 4.01. The van der Waals surface area contributed by atoms with Gasteiger partial charge in [0.15, 0.2) is 0 Å². The van der Waals surface area contributed by atoms with Crippen LogP contribution in [0.2, 0.25) is 0 Å². The van der Waals surface area contributed by atoms with Crippen molar-refractivity contribution in [2.75, 3.05) is 13.1 Å². The van der Waals surface area contributed by atoms with Gasteiger partial charge in [-0.3, -0.25) is 14.9 Å². The molecule has 0 aliphatic carbocycles. The summed E-state index contributed by atoms with van der Waals surface area (Å²) in [5, 5.41) is 29.6. The van der Waals surface area contributed by atoms with Crippen LogP contribution in [0.1, 0.15) is 18.4 Å². The number of carbonyl (C=O) groups is 1. The van der Waals surface area contributed by atoms with Crippen LogP contribution in [0.3, 0.4) is 0 Å². The fraction of sp³-hybridized carbons (Fsp3) is 0.462. The maximum atomic E-state index is 12.3. The highest BCUT2D eigenvalue weighted by atomic mass is 16.6. The third kappa shape index (κ3) is 2.78. The van der Waals surface area contributed by atoms with Crippen LogP contribution in [0.25, 0.3) is 0 Å². The summed E-state index contributed by atoms with van der Waals surface area (Å²) < 4.78 is 0. The molecule has 0 saturated carbocycles. The van der Waals surface area contributed by atoms with Crippen molar-refractivity contribution < 1.29 is 19.9 Å². The van der Waals surface area contributed by atoms with Crippen LogP contribution in [0.4, 0.5) is 5.69 Å². The van der Waals surface area contributed by atoms with Crippen LogP contribution in [0.5, 0.6) is 0 Å². The van der Waals surface area contributed by atoms with Crippen molar-refractivity contribution in [3.8, 4) is 0 Å². The van der Waals surface area contributed by atoms with Gasteiger partial charge in [0.1, 0.15) is 0 Å². The normalized spacial score (nSPS) is 23.6. The number of non-ortho nitro benzene ring substituents is 1. The number of hydrogen-bond acceptors (Lipinski definition) is 5. The van der Waals surface area contributed by atoms with Crippen LogP contribution >= 0.6 is 0 Å². The number of nitro groups is 1. The van der Waals surface area contributed by atoms with E-state index in [0.29, 0.717) is 5.56 Å². The minimum absolute atomic E-state index is 0.0661. The minimum atomic E-state index is -0.934. The summed E-state index contributed by atoms with van der Waals surface area (Å²) in [5.41, 5.74) is 0.476. The van der Waals surface area contributed by atoms with Gasteiger partial charge in [0.25, 0.3) is 5.69 Å². The van der Waals surface area contributed by atoms with E-state index in [4.69, 9.17) is 0 Å². The summed E-state index contributed by atoms with van der Waals surface area (Å²) in [5.74, 6) is -0.825. The molecule has 2 rings (SSSR count). The van der Waals surface area contributed by atoms with Gasteiger partial charge in [-0.1, -0.05) is 12.1 Å². The first kappa shape index (κ1) is 14.4. The highest BCUT2D eigenvalue weighted by Gasteiger charge is 2.34. The Labute approximate surface area is 115 Å². The van der Waals surface area contributed by atoms with E-state index in [1.807, 2.05) is 0 Å². The van der Waals surface area contributed by atoms with Gasteiger partial charge in [0.2, 0.25) is 5.91 Å². The number of amides is 1. The van der Waals surface area contributed by atoms with Gasteiger partial charge in [-0.25, -0.2) is 0 Å². The van der Waals surface area contributed by atoms with E-state index in [1.165, 1.54) is 23.1 Å². The number of hydrogen-bond donors (Lipinski definition) is 2. The van der Waals surface area contributed by atoms with Gasteiger partial charge in [0.05, 0.1) is 23.0 Å². The quantitative estimate of drug-likeness (QED) is 0.610. The van der Waals surface area contributed by atoms with E-state index >= 15 is 0 Å². The maximum Gasteiger partial charge on any atom is 0.269 e. The molecular weight excluding hydrogens is 264 g/mol. The molecule has 1 saturated heterocycles. The van der Waals surface area contributed by atoms with Gasteiger partial charge >= 0.3 is 0 Å². The third-order valence-electron chi connectivity index (χ3n) is 3.52. The van der Waals surface area contributed by atoms with E-state index < -0.39 is 23.0 Å². The fourth-order valence-electron chi connectivity index (χ4n) is 2.27. The molecule has 0 aromatic heterocycles. The zero-order valence-electron chi connectivity index (χ0n) is 11.0. The van der Waals surface area contributed by atoms with Gasteiger partial charge in [-0.2, -0.15) is 0 Å². The van der Waals surface area contributed by atoms with Crippen molar-refractivity contribution in [1.29, 1.82) is 0 Å². The molecule has 0 radical (unpaired) electrons. The molecule has 1 aromatic rings. The summed E-state index contributed by atoms with van der Waals surface area (Å²) in [4.78, 5) is 23.8. The van der Waals surface area contributed by atoms with Crippen molar-refractivity contribution in [3.63, 3.8) is 0 Å². The third-order valence-corrected chi connectivity index (χ3v) is 3.52. The molecule has 2 N–H and O–H groups in total. The first-order valence-electron chi connectivity index (χ1n) is 6.29. The topological polar surface area (TPSA) is 104 Å². The molecule has 7 nitrogen and oxygen atoms in total. The molecule has 3 atom stereocenters. The second-order valence-corrected chi connectivity index (χ2v) is 4.95. The molecule has 1 aliphatic heterocycles. The molecule has 0 spiro atoms. The summed E-state index contributed by atoms with van der Waals surface area (Å²) in [6.07, 6.45) is -1.87. The van der Waals surface area contributed by atoms with Gasteiger partial charge < -0.3 is 15.1 Å². The summed E-state index contributed by atoms with van der Waals surface area (Å²) in [6, 6.07) is 5.92. The zero-order valence-corrected chi connectivity index (χ0v) is 11.0. The number of aliphatic hydroxyl groups is 2. The smallest absolute Gasteiger partial charge is 0.269 e. The average Bonchev–Trinajstić information content (AvgIpc) is 2.77. The van der Waals surface area contributed by atoms with Crippen molar-refractivity contribution in [3.05, 3.63) is 39.9 Å². The Bertz CT molecular complexity index is 523. The summed E-state index contributed by atoms with van der Waals surface area (Å²) >= 11 is 0. The van der Waals surface area contributed by atoms with Crippen LogP contribution in [0, 0.1) is 10.1 Å². The van der Waals surface area contributed by atoms with Gasteiger partial charge in [-0.05, 0) is 12.5 Å². The summed E-state index contributed by atoms with van der Waals surface area (Å²) in [7, 11) is 0. The molecular formula is C13H16N2O5. The monoisotopic (exact) mass is 280 g/mol. The van der Waals surface area contributed by atoms with Crippen molar-refractivity contribution in [2.45, 2.75) is 25.0 Å². The molecule has 1 aliphatic rings. The molecule has 3 unspecified atom stereocenters. The first-order valence-corrected chi connectivity index (χ1v) is 6.29. The predicted octanol–water partition coefficient (Wildman–Crippen LogP) is 0.262. The molecule has 1 amide bonds. The Morgan fingerprint density at radius 3 is 2.55 bits per heavy atom. The number of β-amino-alcohol motifs (C(OH)–C–C–N with tert-alkyl or cyclic N) is 2. The molecule has 108 valence electrons. The number of likely N-dealkylation sites (tertiary alicyclic amines) is 1. The molecule has 0 bridgehead atoms. The van der Waals surface area contributed by atoms with Gasteiger partial charge in [0, 0.05) is 25.2 Å². The van der Waals surface area contributed by atoms with Crippen LogP contribution in [-0.4, -0.2) is 51.2 Å². The molecule has 7 heteroatoms. The van der Waals surface area contributed by atoms with Crippen LogP contribution in [0.15, 0.2) is 24.3 Å². The average molecular weight is 280 g/mol. The number of nitrogens with zero attached hydrogens (tertiary/aromatic N) is 2. The summed E-state index contributed by atoms with van der Waals surface area (Å²) in [6.45, 7) is 1.82. The Balaban J connectivity index is 2.15. The SMILES string of the molecule is CC(C(=O)N1CC(O)C(O)C1)c1cccc([N+](=O)[O-])c1. The van der Waals surface area contributed by atoms with Crippen LogP contribution < -0.4 is 0 Å². The second-order valence-electron chi connectivity index (χ2n) is 4.95. The first-order chi connectivity index (χ1) is 9.40. The van der Waals surface area contributed by atoms with E-state index in [9.17, 15) is 25.1 Å². The Hall–Kier alpha value is -1.99. The van der Waals surface area contributed by atoms with Gasteiger partial charge in [-0.15, -0.1) is 0 Å². The molecule has 1 fully saturated rings. The number of carbonyl (C=O) groups excluding carboxylic acids is 1. The van der Waals surface area contributed by atoms with E-state index in [2.05, 4.69) is 0 Å². The number of benzene rings is 1. The fourth-order valence-corrected chi connectivity index (χ4v) is 2.27. The predicted molar refractivity (Wildman–Crippen MR) is 70.1 cm³/mol. The Morgan fingerprint density at radius 2 is 2.00 bits per heavy atom. The highest BCUT2D eigenvalue weighted by Crippen LogP contribution is 2.24. The molecule has 1 aromatic carbocycles. The Morgan fingerprint density at radius 1 is 1.40 bits per heavy atom. The lowest BCUT2D eigenvalue weighted by Crippen LogP contribution is -2.33. The zero-order chi connectivity index (χ0) is 14.9. The minimum Gasteiger partial charge on any atom is -0.388 e. The molecule has 20 heavy (non-hydrogen) atoms. The number of aliphatic hydroxyl groups excluding tert-OH is 2. The second kappa shape index (κ2) is 5.56. The molecule has 1 heterocycles. The number of nitro benzene ring substituents is 1. The highest BCUT2D eigenvalue weighted by molar-refractivity contribution is 5.83. The van der Waals surface area contributed by atoms with Crippen molar-refractivity contribution in [2.24, 2.45) is 0 Å². The maximum absolute atomic E-state index is 12.3. The van der Waals surface area contributed by atoms with E-state index in [0.717, 1.165) is 0 Å². The largest absolute Gasteiger partial charge is 0.388 e. The van der Waals surface area contributed by atoms with E-state index in [-0.39, 0.29) is 24.7 Å². The van der Waals surface area contributed by atoms with Crippen molar-refractivity contribution in [1.82, 2.24) is 4.90 Å². The number of rotatable bonds is 3. The lowest BCUT2D eigenvalue weighted by molar-refractivity contribution is -0.384.